The minimum Gasteiger partial charge on any atom is -0.488 e. The van der Waals surface area contributed by atoms with Crippen LogP contribution in [0.3, 0.4) is 0 Å². The van der Waals surface area contributed by atoms with Gasteiger partial charge in [-0.2, -0.15) is 0 Å². The third-order valence-corrected chi connectivity index (χ3v) is 3.81. The van der Waals surface area contributed by atoms with E-state index < -0.39 is 0 Å². The van der Waals surface area contributed by atoms with Crippen molar-refractivity contribution in [2.45, 2.75) is 13.5 Å². The minimum atomic E-state index is -0.301. The van der Waals surface area contributed by atoms with E-state index in [0.29, 0.717) is 29.0 Å². The molecule has 0 aliphatic carbocycles. The van der Waals surface area contributed by atoms with Crippen LogP contribution in [0.5, 0.6) is 5.75 Å². The van der Waals surface area contributed by atoms with Crippen LogP contribution in [0.2, 0.25) is 0 Å². The molecule has 0 atom stereocenters. The van der Waals surface area contributed by atoms with Crippen molar-refractivity contribution in [3.05, 3.63) is 89.2 Å². The third kappa shape index (κ3) is 3.51. The van der Waals surface area contributed by atoms with E-state index in [9.17, 15) is 9.18 Å². The molecule has 3 aromatic carbocycles. The molecule has 3 rings (SSSR count). The Balaban J connectivity index is 1.86. The molecule has 0 radical (unpaired) electrons. The Morgan fingerprint density at radius 1 is 1.00 bits per heavy atom. The molecule has 0 amide bonds. The summed E-state index contributed by atoms with van der Waals surface area (Å²) in [5, 5.41) is 0. The molecule has 0 aliphatic rings. The summed E-state index contributed by atoms with van der Waals surface area (Å²) in [6.07, 6.45) is 0.732. The van der Waals surface area contributed by atoms with E-state index in [1.54, 1.807) is 24.3 Å². The molecular formula is C21H17FO2. The number of hydrogen-bond donors (Lipinski definition) is 0. The van der Waals surface area contributed by atoms with Gasteiger partial charge in [-0.25, -0.2) is 4.39 Å². The summed E-state index contributed by atoms with van der Waals surface area (Å²) in [7, 11) is 0. The number of aldehydes is 1. The van der Waals surface area contributed by atoms with E-state index >= 15 is 0 Å². The lowest BCUT2D eigenvalue weighted by molar-refractivity contribution is 0.111. The van der Waals surface area contributed by atoms with Gasteiger partial charge in [-0.05, 0) is 41.8 Å². The topological polar surface area (TPSA) is 26.3 Å². The SMILES string of the molecule is Cc1ccc(-c2ccc(OCc3ccccc3)c(C=O)c2)c(F)c1. The van der Waals surface area contributed by atoms with Gasteiger partial charge < -0.3 is 4.74 Å². The fourth-order valence-corrected chi connectivity index (χ4v) is 2.53. The Hall–Kier alpha value is -2.94. The summed E-state index contributed by atoms with van der Waals surface area (Å²) in [4.78, 5) is 11.4. The lowest BCUT2D eigenvalue weighted by Crippen LogP contribution is -1.98. The summed E-state index contributed by atoms with van der Waals surface area (Å²) >= 11 is 0. The smallest absolute Gasteiger partial charge is 0.153 e. The maximum Gasteiger partial charge on any atom is 0.153 e. The van der Waals surface area contributed by atoms with Gasteiger partial charge in [0.15, 0.2) is 6.29 Å². The molecule has 3 aromatic rings. The van der Waals surface area contributed by atoms with Crippen LogP contribution in [0.1, 0.15) is 21.5 Å². The van der Waals surface area contributed by atoms with Gasteiger partial charge in [0, 0.05) is 5.56 Å². The van der Waals surface area contributed by atoms with Crippen LogP contribution >= 0.6 is 0 Å². The van der Waals surface area contributed by atoms with E-state index in [-0.39, 0.29) is 5.82 Å². The normalized spacial score (nSPS) is 10.4. The molecule has 0 N–H and O–H groups in total. The molecule has 0 aromatic heterocycles. The Morgan fingerprint density at radius 3 is 2.50 bits per heavy atom. The molecule has 0 heterocycles. The van der Waals surface area contributed by atoms with E-state index in [4.69, 9.17) is 4.74 Å². The second-order valence-corrected chi connectivity index (χ2v) is 5.63. The standard InChI is InChI=1S/C21H17FO2/c1-15-7-9-19(20(22)11-15)17-8-10-21(18(12-17)13-23)24-14-16-5-3-2-4-6-16/h2-13H,14H2,1H3. The van der Waals surface area contributed by atoms with Gasteiger partial charge in [0.2, 0.25) is 0 Å². The average molecular weight is 320 g/mol. The Bertz CT molecular complexity index is 857. The number of carbonyl (C=O) groups excluding carboxylic acids is 1. The highest BCUT2D eigenvalue weighted by Crippen LogP contribution is 2.28. The van der Waals surface area contributed by atoms with Gasteiger partial charge in [0.05, 0.1) is 5.56 Å². The van der Waals surface area contributed by atoms with Crippen LogP contribution in [0.15, 0.2) is 66.7 Å². The van der Waals surface area contributed by atoms with Crippen LogP contribution in [0.25, 0.3) is 11.1 Å². The summed E-state index contributed by atoms with van der Waals surface area (Å²) in [6.45, 7) is 2.21. The van der Waals surface area contributed by atoms with Gasteiger partial charge in [-0.3, -0.25) is 4.79 Å². The first kappa shape index (κ1) is 15.9. The highest BCUT2D eigenvalue weighted by Gasteiger charge is 2.10. The predicted octanol–water partition coefficient (Wildman–Crippen LogP) is 5.19. The third-order valence-electron chi connectivity index (χ3n) is 3.81. The number of halogens is 1. The molecule has 0 bridgehead atoms. The molecule has 0 unspecified atom stereocenters. The number of hydrogen-bond acceptors (Lipinski definition) is 2. The van der Waals surface area contributed by atoms with Gasteiger partial charge in [-0.15, -0.1) is 0 Å². The zero-order chi connectivity index (χ0) is 16.9. The Morgan fingerprint density at radius 2 is 1.79 bits per heavy atom. The zero-order valence-electron chi connectivity index (χ0n) is 13.3. The molecule has 0 aliphatic heterocycles. The van der Waals surface area contributed by atoms with Gasteiger partial charge in [0.25, 0.3) is 0 Å². The number of benzene rings is 3. The number of ether oxygens (including phenoxy) is 1. The van der Waals surface area contributed by atoms with Crippen molar-refractivity contribution in [2.24, 2.45) is 0 Å². The van der Waals surface area contributed by atoms with Crippen LogP contribution < -0.4 is 4.74 Å². The molecule has 2 nitrogen and oxygen atoms in total. The summed E-state index contributed by atoms with van der Waals surface area (Å²) in [5.41, 5.74) is 3.40. The van der Waals surface area contributed by atoms with E-state index in [1.165, 1.54) is 6.07 Å². The molecule has 0 saturated heterocycles. The predicted molar refractivity (Wildman–Crippen MR) is 92.7 cm³/mol. The van der Waals surface area contributed by atoms with Crippen molar-refractivity contribution in [1.82, 2.24) is 0 Å². The Labute approximate surface area is 140 Å². The van der Waals surface area contributed by atoms with Gasteiger partial charge in [-0.1, -0.05) is 48.5 Å². The summed E-state index contributed by atoms with van der Waals surface area (Å²) in [5.74, 6) is 0.190. The molecule has 120 valence electrons. The number of rotatable bonds is 5. The second-order valence-electron chi connectivity index (χ2n) is 5.63. The largest absolute Gasteiger partial charge is 0.488 e. The maximum absolute atomic E-state index is 14.1. The molecule has 24 heavy (non-hydrogen) atoms. The lowest BCUT2D eigenvalue weighted by atomic mass is 10.0. The van der Waals surface area contributed by atoms with Crippen molar-refractivity contribution in [3.63, 3.8) is 0 Å². The molecule has 3 heteroatoms. The maximum atomic E-state index is 14.1. The summed E-state index contributed by atoms with van der Waals surface area (Å²) < 4.78 is 19.9. The molecular weight excluding hydrogens is 303 g/mol. The molecule has 0 saturated carbocycles. The van der Waals surface area contributed by atoms with Gasteiger partial charge >= 0.3 is 0 Å². The van der Waals surface area contributed by atoms with Crippen molar-refractivity contribution in [2.75, 3.05) is 0 Å². The van der Waals surface area contributed by atoms with Crippen molar-refractivity contribution < 1.29 is 13.9 Å². The average Bonchev–Trinajstić information content (AvgIpc) is 2.61. The Kier molecular flexibility index (Phi) is 4.71. The molecule has 0 spiro atoms. The molecule has 0 fully saturated rings. The lowest BCUT2D eigenvalue weighted by Gasteiger charge is -2.11. The van der Waals surface area contributed by atoms with Crippen LogP contribution in [-0.4, -0.2) is 6.29 Å². The fraction of sp³-hybridized carbons (Fsp3) is 0.0952. The highest BCUT2D eigenvalue weighted by molar-refractivity contribution is 5.83. The van der Waals surface area contributed by atoms with Crippen molar-refractivity contribution in [1.29, 1.82) is 0 Å². The highest BCUT2D eigenvalue weighted by atomic mass is 19.1. The minimum absolute atomic E-state index is 0.301. The van der Waals surface area contributed by atoms with Crippen molar-refractivity contribution in [3.8, 4) is 16.9 Å². The van der Waals surface area contributed by atoms with Crippen LogP contribution in [0, 0.1) is 12.7 Å². The quantitative estimate of drug-likeness (QED) is 0.605. The van der Waals surface area contributed by atoms with E-state index in [0.717, 1.165) is 17.4 Å². The van der Waals surface area contributed by atoms with E-state index in [1.807, 2.05) is 43.3 Å². The second kappa shape index (κ2) is 7.09. The first-order chi connectivity index (χ1) is 11.7. The van der Waals surface area contributed by atoms with Gasteiger partial charge in [0.1, 0.15) is 18.2 Å². The first-order valence-corrected chi connectivity index (χ1v) is 7.70. The van der Waals surface area contributed by atoms with Crippen molar-refractivity contribution >= 4 is 6.29 Å². The number of aryl methyl sites for hydroxylation is 1. The summed E-state index contributed by atoms with van der Waals surface area (Å²) in [6, 6.07) is 19.9. The zero-order valence-corrected chi connectivity index (χ0v) is 13.3. The van der Waals surface area contributed by atoms with E-state index in [2.05, 4.69) is 0 Å². The number of carbonyl (C=O) groups is 1. The fourth-order valence-electron chi connectivity index (χ4n) is 2.53. The van der Waals surface area contributed by atoms with Crippen LogP contribution in [-0.2, 0) is 6.61 Å². The van der Waals surface area contributed by atoms with Crippen LogP contribution in [0.4, 0.5) is 4.39 Å². The first-order valence-electron chi connectivity index (χ1n) is 7.70. The monoisotopic (exact) mass is 320 g/mol.